The minimum Gasteiger partial charge on any atom is -0.479 e. The molecule has 1 aliphatic carbocycles. The van der Waals surface area contributed by atoms with Crippen molar-refractivity contribution in [2.45, 2.75) is 44.3 Å². The van der Waals surface area contributed by atoms with Crippen molar-refractivity contribution in [2.24, 2.45) is 17.6 Å². The van der Waals surface area contributed by atoms with Gasteiger partial charge in [0.1, 0.15) is 0 Å². The number of hydrogen-bond donors (Lipinski definition) is 3. The molecule has 0 aromatic carbocycles. The van der Waals surface area contributed by atoms with Gasteiger partial charge in [0.15, 0.2) is 6.10 Å². The van der Waals surface area contributed by atoms with Crippen LogP contribution in [0.25, 0.3) is 0 Å². The van der Waals surface area contributed by atoms with Crippen molar-refractivity contribution >= 4 is 11.9 Å². The van der Waals surface area contributed by atoms with E-state index in [4.69, 9.17) is 15.6 Å². The number of ether oxygens (including phenoxy) is 1. The maximum Gasteiger partial charge on any atom is 0.332 e. The fraction of sp³-hybridized carbons (Fsp3) is 0.846. The zero-order valence-corrected chi connectivity index (χ0v) is 11.0. The van der Waals surface area contributed by atoms with E-state index in [-0.39, 0.29) is 23.8 Å². The topological polar surface area (TPSA) is 102 Å². The second-order valence-electron chi connectivity index (χ2n) is 5.44. The third-order valence-corrected chi connectivity index (χ3v) is 4.19. The fourth-order valence-corrected chi connectivity index (χ4v) is 3.05. The van der Waals surface area contributed by atoms with Gasteiger partial charge in [0.2, 0.25) is 5.91 Å². The Morgan fingerprint density at radius 1 is 1.26 bits per heavy atom. The van der Waals surface area contributed by atoms with Crippen LogP contribution in [0.5, 0.6) is 0 Å². The first-order chi connectivity index (χ1) is 9.11. The molecule has 0 radical (unpaired) electrons. The summed E-state index contributed by atoms with van der Waals surface area (Å²) < 4.78 is 5.35. The summed E-state index contributed by atoms with van der Waals surface area (Å²) in [7, 11) is 0. The van der Waals surface area contributed by atoms with Gasteiger partial charge in [-0.1, -0.05) is 6.42 Å². The first-order valence-electron chi connectivity index (χ1n) is 6.98. The van der Waals surface area contributed by atoms with Crippen molar-refractivity contribution in [3.8, 4) is 0 Å². The molecule has 108 valence electrons. The number of nitrogens with two attached hydrogens (primary N) is 1. The summed E-state index contributed by atoms with van der Waals surface area (Å²) in [5.74, 6) is -0.582. The highest BCUT2D eigenvalue weighted by atomic mass is 16.5. The molecule has 1 heterocycles. The molecule has 1 aliphatic heterocycles. The summed E-state index contributed by atoms with van der Waals surface area (Å²) >= 11 is 0. The maximum atomic E-state index is 12.0. The first-order valence-corrected chi connectivity index (χ1v) is 6.98. The lowest BCUT2D eigenvalue weighted by Crippen LogP contribution is -2.39. The standard InChI is InChI=1S/C13H22N2O4/c14-6-8-2-1-3-10(8)12(16)15-7-9-4-5-11(19-9)13(17)18/h8-11H,1-7,14H2,(H,15,16)(H,17,18). The molecule has 0 aromatic rings. The summed E-state index contributed by atoms with van der Waals surface area (Å²) in [4.78, 5) is 22.8. The summed E-state index contributed by atoms with van der Waals surface area (Å²) in [6.45, 7) is 0.954. The van der Waals surface area contributed by atoms with Crippen LogP contribution in [0.15, 0.2) is 0 Å². The van der Waals surface area contributed by atoms with Crippen LogP contribution in [0.3, 0.4) is 0 Å². The van der Waals surface area contributed by atoms with E-state index in [0.717, 1.165) is 19.3 Å². The number of aliphatic carboxylic acids is 1. The number of carboxylic acid groups (broad SMARTS) is 1. The average molecular weight is 270 g/mol. The number of rotatable bonds is 5. The van der Waals surface area contributed by atoms with Gasteiger partial charge in [0.05, 0.1) is 6.10 Å². The monoisotopic (exact) mass is 270 g/mol. The van der Waals surface area contributed by atoms with Crippen LogP contribution in [0.1, 0.15) is 32.1 Å². The molecule has 4 N–H and O–H groups in total. The second-order valence-corrected chi connectivity index (χ2v) is 5.44. The number of carbonyl (C=O) groups excluding carboxylic acids is 1. The van der Waals surface area contributed by atoms with Gasteiger partial charge in [-0.2, -0.15) is 0 Å². The minimum absolute atomic E-state index is 0.0154. The fourth-order valence-electron chi connectivity index (χ4n) is 3.05. The molecule has 6 nitrogen and oxygen atoms in total. The van der Waals surface area contributed by atoms with Crippen molar-refractivity contribution < 1.29 is 19.4 Å². The van der Waals surface area contributed by atoms with Crippen LogP contribution in [-0.4, -0.2) is 42.3 Å². The quantitative estimate of drug-likeness (QED) is 0.658. The zero-order valence-electron chi connectivity index (χ0n) is 11.0. The normalized spacial score (nSPS) is 34.4. The first kappa shape index (κ1) is 14.3. The van der Waals surface area contributed by atoms with Crippen LogP contribution in [0.2, 0.25) is 0 Å². The molecule has 2 rings (SSSR count). The molecule has 6 heteroatoms. The van der Waals surface area contributed by atoms with Crippen molar-refractivity contribution in [1.82, 2.24) is 5.32 Å². The third kappa shape index (κ3) is 3.45. The largest absolute Gasteiger partial charge is 0.479 e. The summed E-state index contributed by atoms with van der Waals surface area (Å²) in [5, 5.41) is 11.7. The van der Waals surface area contributed by atoms with Gasteiger partial charge in [-0.05, 0) is 38.1 Å². The zero-order chi connectivity index (χ0) is 13.8. The molecular formula is C13H22N2O4. The highest BCUT2D eigenvalue weighted by Crippen LogP contribution is 2.31. The van der Waals surface area contributed by atoms with E-state index in [9.17, 15) is 9.59 Å². The van der Waals surface area contributed by atoms with Gasteiger partial charge < -0.3 is 20.9 Å². The highest BCUT2D eigenvalue weighted by molar-refractivity contribution is 5.79. The molecule has 0 bridgehead atoms. The predicted octanol–water partition coefficient (Wildman–Crippen LogP) is 0.110. The molecule has 4 atom stereocenters. The molecule has 1 saturated carbocycles. The van der Waals surface area contributed by atoms with Gasteiger partial charge in [-0.25, -0.2) is 4.79 Å². The summed E-state index contributed by atoms with van der Waals surface area (Å²) in [5.41, 5.74) is 5.66. The number of carbonyl (C=O) groups is 2. The molecular weight excluding hydrogens is 248 g/mol. The van der Waals surface area contributed by atoms with Gasteiger partial charge in [-0.15, -0.1) is 0 Å². The predicted molar refractivity (Wildman–Crippen MR) is 68.4 cm³/mol. The van der Waals surface area contributed by atoms with Crippen molar-refractivity contribution in [2.75, 3.05) is 13.1 Å². The van der Waals surface area contributed by atoms with Gasteiger partial charge >= 0.3 is 5.97 Å². The summed E-state index contributed by atoms with van der Waals surface area (Å²) in [6.07, 6.45) is 3.29. The number of nitrogens with one attached hydrogen (secondary N) is 1. The Labute approximate surface area is 112 Å². The third-order valence-electron chi connectivity index (χ3n) is 4.19. The van der Waals surface area contributed by atoms with Crippen LogP contribution in [-0.2, 0) is 14.3 Å². The average Bonchev–Trinajstić information content (AvgIpc) is 3.04. The van der Waals surface area contributed by atoms with E-state index in [1.54, 1.807) is 0 Å². The second kappa shape index (κ2) is 6.34. The van der Waals surface area contributed by atoms with Crippen molar-refractivity contribution in [1.29, 1.82) is 0 Å². The van der Waals surface area contributed by atoms with E-state index in [2.05, 4.69) is 5.32 Å². The van der Waals surface area contributed by atoms with Crippen molar-refractivity contribution in [3.63, 3.8) is 0 Å². The van der Waals surface area contributed by atoms with E-state index in [1.807, 2.05) is 0 Å². The number of amides is 1. The smallest absolute Gasteiger partial charge is 0.332 e. The summed E-state index contributed by atoms with van der Waals surface area (Å²) in [6, 6.07) is 0. The lowest BCUT2D eigenvalue weighted by Gasteiger charge is -2.19. The number of hydrogen-bond acceptors (Lipinski definition) is 4. The molecule has 0 spiro atoms. The Morgan fingerprint density at radius 2 is 2.05 bits per heavy atom. The molecule has 2 fully saturated rings. The number of carboxylic acids is 1. The molecule has 1 saturated heterocycles. The van der Waals surface area contributed by atoms with Crippen LogP contribution < -0.4 is 11.1 Å². The van der Waals surface area contributed by atoms with E-state index < -0.39 is 12.1 Å². The van der Waals surface area contributed by atoms with Crippen LogP contribution in [0, 0.1) is 11.8 Å². The molecule has 19 heavy (non-hydrogen) atoms. The maximum absolute atomic E-state index is 12.0. The van der Waals surface area contributed by atoms with Gasteiger partial charge in [0.25, 0.3) is 0 Å². The lowest BCUT2D eigenvalue weighted by molar-refractivity contribution is -0.149. The lowest BCUT2D eigenvalue weighted by atomic mass is 9.95. The van der Waals surface area contributed by atoms with Gasteiger partial charge in [0, 0.05) is 12.5 Å². The minimum atomic E-state index is -0.923. The Balaban J connectivity index is 1.74. The van der Waals surface area contributed by atoms with Crippen molar-refractivity contribution in [3.05, 3.63) is 0 Å². The van der Waals surface area contributed by atoms with Crippen LogP contribution >= 0.6 is 0 Å². The molecule has 1 amide bonds. The van der Waals surface area contributed by atoms with E-state index in [0.29, 0.717) is 25.9 Å². The van der Waals surface area contributed by atoms with E-state index in [1.165, 1.54) is 0 Å². The highest BCUT2D eigenvalue weighted by Gasteiger charge is 2.34. The molecule has 2 aliphatic rings. The Hall–Kier alpha value is -1.14. The van der Waals surface area contributed by atoms with E-state index >= 15 is 0 Å². The van der Waals surface area contributed by atoms with Crippen LogP contribution in [0.4, 0.5) is 0 Å². The molecule has 4 unspecified atom stereocenters. The Bertz CT molecular complexity index is 348. The SMILES string of the molecule is NCC1CCCC1C(=O)NCC1CCC(C(=O)O)O1. The Kier molecular flexibility index (Phi) is 4.76. The Morgan fingerprint density at radius 3 is 2.68 bits per heavy atom. The molecule has 0 aromatic heterocycles. The van der Waals surface area contributed by atoms with Gasteiger partial charge in [-0.3, -0.25) is 4.79 Å².